The second-order valence-corrected chi connectivity index (χ2v) is 9.52. The predicted octanol–water partition coefficient (Wildman–Crippen LogP) is 2.93. The van der Waals surface area contributed by atoms with E-state index in [4.69, 9.17) is 9.26 Å². The van der Waals surface area contributed by atoms with Gasteiger partial charge in [0, 0.05) is 23.1 Å². The number of likely N-dealkylation sites (N-methyl/N-ethyl adjacent to an activating group) is 1. The first-order valence-electron chi connectivity index (χ1n) is 11.5. The number of hydrogen-bond donors (Lipinski definition) is 2. The lowest BCUT2D eigenvalue weighted by atomic mass is 9.91. The number of quaternary nitrogens is 1. The van der Waals surface area contributed by atoms with Crippen LogP contribution in [0.1, 0.15) is 24.0 Å². The maximum absolute atomic E-state index is 13.3. The highest BCUT2D eigenvalue weighted by Gasteiger charge is 2.49. The number of aliphatic hydroxyl groups is 1. The van der Waals surface area contributed by atoms with E-state index in [-0.39, 0.29) is 18.4 Å². The molecular formula is C26H28N3O5+. The minimum atomic E-state index is -1.82. The number of rotatable bonds is 6. The van der Waals surface area contributed by atoms with Crippen LogP contribution >= 0.6 is 0 Å². The summed E-state index contributed by atoms with van der Waals surface area (Å²) < 4.78 is 11.0. The van der Waals surface area contributed by atoms with Crippen LogP contribution in [-0.2, 0) is 19.9 Å². The van der Waals surface area contributed by atoms with Gasteiger partial charge in [0.2, 0.25) is 5.60 Å². The Bertz CT molecular complexity index is 1160. The molecule has 1 saturated heterocycles. The van der Waals surface area contributed by atoms with Crippen LogP contribution in [0.5, 0.6) is 0 Å². The SMILES string of the molecule is C[N@@+]1(CC(=O)Nc2ccon2)CCCC(COC(=O)C2(O)c3ccccc3-c3ccccc32)C1. The van der Waals surface area contributed by atoms with Crippen molar-refractivity contribution < 1.29 is 28.4 Å². The van der Waals surface area contributed by atoms with Crippen molar-refractivity contribution in [3.8, 4) is 11.1 Å². The molecule has 176 valence electrons. The third-order valence-electron chi connectivity index (χ3n) is 6.91. The zero-order valence-corrected chi connectivity index (χ0v) is 19.1. The van der Waals surface area contributed by atoms with Gasteiger partial charge in [-0.3, -0.25) is 4.79 Å². The fourth-order valence-corrected chi connectivity index (χ4v) is 5.38. The van der Waals surface area contributed by atoms with Crippen LogP contribution in [0.4, 0.5) is 5.82 Å². The highest BCUT2D eigenvalue weighted by molar-refractivity contribution is 5.96. The van der Waals surface area contributed by atoms with E-state index in [1.165, 1.54) is 6.26 Å². The summed E-state index contributed by atoms with van der Waals surface area (Å²) in [6.45, 7) is 2.05. The molecule has 2 heterocycles. The topological polar surface area (TPSA) is 102 Å². The van der Waals surface area contributed by atoms with Crippen LogP contribution in [0, 0.1) is 5.92 Å². The Morgan fingerprint density at radius 2 is 1.82 bits per heavy atom. The zero-order valence-electron chi connectivity index (χ0n) is 19.1. The lowest BCUT2D eigenvalue weighted by Gasteiger charge is -2.40. The van der Waals surface area contributed by atoms with Crippen molar-refractivity contribution in [2.24, 2.45) is 5.92 Å². The van der Waals surface area contributed by atoms with Gasteiger partial charge in [-0.1, -0.05) is 53.7 Å². The summed E-state index contributed by atoms with van der Waals surface area (Å²) >= 11 is 0. The number of anilines is 1. The molecule has 1 aromatic heterocycles. The standard InChI is InChI=1S/C26H27N3O5/c1-29(16-24(30)27-23-12-14-34-28-23)13-6-7-18(15-29)17-33-25(31)26(32)21-10-4-2-8-19(21)20-9-3-5-11-22(20)26/h2-5,8-12,14,18,32H,6-7,13,15-17H2,1H3/p+1/t18?,29-/m1/s1. The number of likely N-dealkylation sites (tertiary alicyclic amines) is 1. The predicted molar refractivity (Wildman–Crippen MR) is 124 cm³/mol. The lowest BCUT2D eigenvalue weighted by Crippen LogP contribution is -2.55. The molecule has 8 nitrogen and oxygen atoms in total. The van der Waals surface area contributed by atoms with Gasteiger partial charge in [0.05, 0.1) is 26.7 Å². The maximum Gasteiger partial charge on any atom is 0.347 e. The Balaban J connectivity index is 1.25. The Kier molecular flexibility index (Phi) is 5.71. The molecular weight excluding hydrogens is 434 g/mol. The first-order valence-corrected chi connectivity index (χ1v) is 11.5. The van der Waals surface area contributed by atoms with Crippen molar-refractivity contribution in [3.05, 3.63) is 72.0 Å². The zero-order chi connectivity index (χ0) is 23.8. The van der Waals surface area contributed by atoms with Crippen LogP contribution in [-0.4, -0.2) is 59.9 Å². The molecule has 1 fully saturated rings. The first-order chi connectivity index (χ1) is 16.4. The number of carbonyl (C=O) groups excluding carboxylic acids is 2. The fraction of sp³-hybridized carbons (Fsp3) is 0.346. The monoisotopic (exact) mass is 462 g/mol. The van der Waals surface area contributed by atoms with Crippen molar-refractivity contribution in [1.82, 2.24) is 5.16 Å². The number of piperidine rings is 1. The van der Waals surface area contributed by atoms with Crippen LogP contribution < -0.4 is 5.32 Å². The van der Waals surface area contributed by atoms with Crippen molar-refractivity contribution in [2.75, 3.05) is 38.6 Å². The van der Waals surface area contributed by atoms with Gasteiger partial charge in [-0.2, -0.15) is 0 Å². The molecule has 1 amide bonds. The molecule has 2 aromatic carbocycles. The van der Waals surface area contributed by atoms with Gasteiger partial charge < -0.3 is 24.2 Å². The van der Waals surface area contributed by atoms with Crippen LogP contribution in [0.25, 0.3) is 11.1 Å². The van der Waals surface area contributed by atoms with Gasteiger partial charge in [-0.15, -0.1) is 0 Å². The number of nitrogens with one attached hydrogen (secondary N) is 1. The van der Waals surface area contributed by atoms with E-state index in [0.717, 1.165) is 30.5 Å². The van der Waals surface area contributed by atoms with Gasteiger partial charge in [0.25, 0.3) is 5.91 Å². The number of esters is 1. The molecule has 1 aliphatic heterocycles. The maximum atomic E-state index is 13.3. The number of ether oxygens (including phenoxy) is 1. The fourth-order valence-electron chi connectivity index (χ4n) is 5.38. The minimum absolute atomic E-state index is 0.0954. The number of amides is 1. The number of carbonyl (C=O) groups is 2. The summed E-state index contributed by atoms with van der Waals surface area (Å²) in [7, 11) is 2.04. The van der Waals surface area contributed by atoms with E-state index in [1.807, 2.05) is 43.4 Å². The Labute approximate surface area is 197 Å². The van der Waals surface area contributed by atoms with Crippen molar-refractivity contribution in [1.29, 1.82) is 0 Å². The Morgan fingerprint density at radius 3 is 2.47 bits per heavy atom. The Morgan fingerprint density at radius 1 is 1.15 bits per heavy atom. The van der Waals surface area contributed by atoms with Gasteiger partial charge >= 0.3 is 5.97 Å². The minimum Gasteiger partial charge on any atom is -0.462 e. The molecule has 0 bridgehead atoms. The molecule has 34 heavy (non-hydrogen) atoms. The van der Waals surface area contributed by atoms with E-state index < -0.39 is 11.6 Å². The van der Waals surface area contributed by atoms with Crippen molar-refractivity contribution >= 4 is 17.7 Å². The average molecular weight is 463 g/mol. The molecule has 0 spiro atoms. The summed E-state index contributed by atoms with van der Waals surface area (Å²) in [5, 5.41) is 18.1. The molecule has 2 N–H and O–H groups in total. The largest absolute Gasteiger partial charge is 0.462 e. The van der Waals surface area contributed by atoms with Gasteiger partial charge in [-0.05, 0) is 24.0 Å². The average Bonchev–Trinajstić information content (AvgIpc) is 3.43. The third-order valence-corrected chi connectivity index (χ3v) is 6.91. The summed E-state index contributed by atoms with van der Waals surface area (Å²) in [6, 6.07) is 16.4. The molecule has 1 unspecified atom stereocenters. The van der Waals surface area contributed by atoms with E-state index in [1.54, 1.807) is 18.2 Å². The lowest BCUT2D eigenvalue weighted by molar-refractivity contribution is -0.910. The highest BCUT2D eigenvalue weighted by atomic mass is 16.5. The smallest absolute Gasteiger partial charge is 0.347 e. The molecule has 8 heteroatoms. The van der Waals surface area contributed by atoms with E-state index >= 15 is 0 Å². The second kappa shape index (κ2) is 8.70. The number of hydrogen-bond acceptors (Lipinski definition) is 6. The van der Waals surface area contributed by atoms with E-state index in [9.17, 15) is 14.7 Å². The van der Waals surface area contributed by atoms with Crippen LogP contribution in [0.3, 0.4) is 0 Å². The quantitative estimate of drug-likeness (QED) is 0.432. The second-order valence-electron chi connectivity index (χ2n) is 9.52. The summed E-state index contributed by atoms with van der Waals surface area (Å²) in [6.07, 6.45) is 3.23. The van der Waals surface area contributed by atoms with Gasteiger partial charge in [0.15, 0.2) is 12.4 Å². The summed E-state index contributed by atoms with van der Waals surface area (Å²) in [5.41, 5.74) is 0.970. The number of nitrogens with zero attached hydrogens (tertiary/aromatic N) is 2. The van der Waals surface area contributed by atoms with Crippen molar-refractivity contribution in [2.45, 2.75) is 18.4 Å². The summed E-state index contributed by atoms with van der Waals surface area (Å²) in [5.74, 6) is -0.307. The van der Waals surface area contributed by atoms with Crippen molar-refractivity contribution in [3.63, 3.8) is 0 Å². The number of benzene rings is 2. The highest BCUT2D eigenvalue weighted by Crippen LogP contribution is 2.47. The van der Waals surface area contributed by atoms with Gasteiger partial charge in [0.1, 0.15) is 6.26 Å². The molecule has 5 rings (SSSR count). The molecule has 0 radical (unpaired) electrons. The number of fused-ring (bicyclic) bond motifs is 3. The normalized spacial score (nSPS) is 22.5. The molecule has 1 aliphatic carbocycles. The van der Waals surface area contributed by atoms with E-state index in [0.29, 0.717) is 34.5 Å². The number of aromatic nitrogens is 1. The van der Waals surface area contributed by atoms with Crippen LogP contribution in [0.15, 0.2) is 65.4 Å². The molecule has 3 aromatic rings. The van der Waals surface area contributed by atoms with E-state index in [2.05, 4.69) is 10.5 Å². The first kappa shape index (κ1) is 22.3. The third kappa shape index (κ3) is 3.99. The summed E-state index contributed by atoms with van der Waals surface area (Å²) in [4.78, 5) is 25.8. The molecule has 2 atom stereocenters. The van der Waals surface area contributed by atoms with Crippen LogP contribution in [0.2, 0.25) is 0 Å². The molecule has 0 saturated carbocycles. The Hall–Kier alpha value is -3.49. The molecule has 2 aliphatic rings. The van der Waals surface area contributed by atoms with Gasteiger partial charge in [-0.25, -0.2) is 4.79 Å².